The first kappa shape index (κ1) is 20.2. The van der Waals surface area contributed by atoms with Gasteiger partial charge in [0.05, 0.1) is 4.88 Å². The summed E-state index contributed by atoms with van der Waals surface area (Å²) in [6.07, 6.45) is 5.93. The molecule has 30 heavy (non-hydrogen) atoms. The molecule has 1 saturated carbocycles. The molecule has 1 aliphatic carbocycles. The molecule has 0 unspecified atom stereocenters. The molecule has 0 bridgehead atoms. The van der Waals surface area contributed by atoms with Crippen molar-refractivity contribution in [3.8, 4) is 5.75 Å². The van der Waals surface area contributed by atoms with Gasteiger partial charge in [-0.25, -0.2) is 8.78 Å². The fourth-order valence-electron chi connectivity index (χ4n) is 4.70. The van der Waals surface area contributed by atoms with Gasteiger partial charge in [0.1, 0.15) is 11.9 Å². The van der Waals surface area contributed by atoms with Crippen molar-refractivity contribution in [1.29, 1.82) is 0 Å². The molecule has 3 fully saturated rings. The van der Waals surface area contributed by atoms with E-state index in [1.54, 1.807) is 4.90 Å². The highest BCUT2D eigenvalue weighted by Crippen LogP contribution is 2.34. The van der Waals surface area contributed by atoms with Crippen molar-refractivity contribution < 1.29 is 18.3 Å². The van der Waals surface area contributed by atoms with Crippen molar-refractivity contribution >= 4 is 27.3 Å². The Hall–Kier alpha value is -1.73. The number of nitrogens with zero attached hydrogens (tertiary/aromatic N) is 2. The number of carbonyl (C=O) groups is 1. The summed E-state index contributed by atoms with van der Waals surface area (Å²) >= 11 is 1.43. The lowest BCUT2D eigenvalue weighted by molar-refractivity contribution is -0.0493. The summed E-state index contributed by atoms with van der Waals surface area (Å²) in [5, 5.41) is 0.982. The Morgan fingerprint density at radius 2 is 1.77 bits per heavy atom. The van der Waals surface area contributed by atoms with Crippen LogP contribution in [0.3, 0.4) is 0 Å². The molecule has 3 heterocycles. The summed E-state index contributed by atoms with van der Waals surface area (Å²) in [5.74, 6) is -1.94. The van der Waals surface area contributed by atoms with Gasteiger partial charge >= 0.3 is 0 Å². The minimum atomic E-state index is -2.64. The summed E-state index contributed by atoms with van der Waals surface area (Å²) in [4.78, 5) is 17.5. The first-order valence-corrected chi connectivity index (χ1v) is 11.9. The van der Waals surface area contributed by atoms with E-state index in [-0.39, 0.29) is 37.9 Å². The molecule has 1 aromatic carbocycles. The number of benzene rings is 1. The first-order chi connectivity index (χ1) is 14.5. The van der Waals surface area contributed by atoms with Crippen LogP contribution in [0.15, 0.2) is 24.3 Å². The van der Waals surface area contributed by atoms with E-state index in [9.17, 15) is 13.6 Å². The zero-order valence-corrected chi connectivity index (χ0v) is 17.9. The zero-order chi connectivity index (χ0) is 20.7. The van der Waals surface area contributed by atoms with Crippen LogP contribution in [0.1, 0.15) is 54.6 Å². The quantitative estimate of drug-likeness (QED) is 0.666. The normalized spacial score (nSPS) is 23.5. The largest absolute Gasteiger partial charge is 0.490 e. The fraction of sp³-hybridized carbons (Fsp3) is 0.609. The van der Waals surface area contributed by atoms with E-state index in [1.165, 1.54) is 30.6 Å². The van der Waals surface area contributed by atoms with Crippen LogP contribution in [0.25, 0.3) is 10.1 Å². The van der Waals surface area contributed by atoms with E-state index < -0.39 is 5.92 Å². The molecule has 1 aromatic heterocycles. The molecular weight excluding hydrogens is 406 g/mol. The number of alkyl halides is 2. The molecule has 1 amide bonds. The third kappa shape index (κ3) is 4.19. The zero-order valence-electron chi connectivity index (χ0n) is 17.1. The lowest BCUT2D eigenvalue weighted by Crippen LogP contribution is -2.46. The Morgan fingerprint density at radius 1 is 1.03 bits per heavy atom. The minimum absolute atomic E-state index is 0.119. The van der Waals surface area contributed by atoms with E-state index in [2.05, 4.69) is 4.90 Å². The van der Waals surface area contributed by atoms with Crippen LogP contribution in [0.5, 0.6) is 5.75 Å². The van der Waals surface area contributed by atoms with Crippen molar-refractivity contribution in [1.82, 2.24) is 9.80 Å². The van der Waals surface area contributed by atoms with Crippen LogP contribution in [0.4, 0.5) is 8.78 Å². The van der Waals surface area contributed by atoms with Crippen LogP contribution < -0.4 is 4.74 Å². The van der Waals surface area contributed by atoms with Gasteiger partial charge in [0.2, 0.25) is 0 Å². The number of amides is 1. The predicted octanol–water partition coefficient (Wildman–Crippen LogP) is 5.17. The molecular formula is C23H28F2N2O2S. The summed E-state index contributed by atoms with van der Waals surface area (Å²) in [6.45, 7) is 2.47. The third-order valence-electron chi connectivity index (χ3n) is 6.85. The second-order valence-electron chi connectivity index (χ2n) is 8.90. The number of fused-ring (bicyclic) bond motifs is 1. The molecule has 0 spiro atoms. The van der Waals surface area contributed by atoms with Crippen LogP contribution in [0, 0.1) is 0 Å². The molecule has 162 valence electrons. The topological polar surface area (TPSA) is 32.8 Å². The lowest BCUT2D eigenvalue weighted by Gasteiger charge is -2.41. The number of carbonyl (C=O) groups excluding carboxylic acids is 1. The van der Waals surface area contributed by atoms with Gasteiger partial charge in [-0.1, -0.05) is 6.42 Å². The van der Waals surface area contributed by atoms with Crippen LogP contribution in [-0.2, 0) is 0 Å². The van der Waals surface area contributed by atoms with Gasteiger partial charge in [0, 0.05) is 49.8 Å². The van der Waals surface area contributed by atoms with Gasteiger partial charge in [-0.15, -0.1) is 11.3 Å². The highest BCUT2D eigenvalue weighted by Gasteiger charge is 2.36. The molecule has 2 aliphatic heterocycles. The Labute approximate surface area is 179 Å². The molecule has 4 nitrogen and oxygen atoms in total. The number of hydrogen-bond acceptors (Lipinski definition) is 4. The highest BCUT2D eigenvalue weighted by atomic mass is 32.1. The summed E-state index contributed by atoms with van der Waals surface area (Å²) in [5.41, 5.74) is 0. The molecule has 2 saturated heterocycles. The van der Waals surface area contributed by atoms with Gasteiger partial charge in [-0.3, -0.25) is 4.79 Å². The maximum Gasteiger partial charge on any atom is 0.263 e. The highest BCUT2D eigenvalue weighted by molar-refractivity contribution is 7.20. The standard InChI is InChI=1S/C23H28F2N2O2S/c24-23(25)8-12-27(13-9-23)22(28)21-15-16-14-19(4-5-20(16)30-21)29-18-6-10-26(11-7-18)17-2-1-3-17/h4-5,14-15,17-18H,1-3,6-13H2. The monoisotopic (exact) mass is 434 g/mol. The maximum atomic E-state index is 13.4. The average molecular weight is 435 g/mol. The minimum Gasteiger partial charge on any atom is -0.490 e. The molecule has 5 rings (SSSR count). The van der Waals surface area contributed by atoms with Gasteiger partial charge in [0.15, 0.2) is 0 Å². The van der Waals surface area contributed by atoms with E-state index in [0.29, 0.717) is 4.88 Å². The molecule has 7 heteroatoms. The number of hydrogen-bond donors (Lipinski definition) is 0. The van der Waals surface area contributed by atoms with Gasteiger partial charge in [0.25, 0.3) is 11.8 Å². The van der Waals surface area contributed by atoms with Crippen LogP contribution >= 0.6 is 11.3 Å². The van der Waals surface area contributed by atoms with Crippen molar-refractivity contribution in [2.75, 3.05) is 26.2 Å². The van der Waals surface area contributed by atoms with E-state index in [1.807, 2.05) is 24.3 Å². The lowest BCUT2D eigenvalue weighted by atomic mass is 9.90. The van der Waals surface area contributed by atoms with Gasteiger partial charge in [-0.05, 0) is 55.3 Å². The van der Waals surface area contributed by atoms with Gasteiger partial charge < -0.3 is 14.5 Å². The molecule has 0 N–H and O–H groups in total. The third-order valence-corrected chi connectivity index (χ3v) is 7.96. The van der Waals surface area contributed by atoms with Crippen LogP contribution in [-0.4, -0.2) is 60.0 Å². The van der Waals surface area contributed by atoms with Crippen molar-refractivity contribution in [2.45, 2.75) is 63.0 Å². The van der Waals surface area contributed by atoms with E-state index in [4.69, 9.17) is 4.74 Å². The Kier molecular flexibility index (Phi) is 5.44. The Balaban J connectivity index is 1.21. The second kappa shape index (κ2) is 8.08. The molecule has 3 aliphatic rings. The molecule has 0 atom stereocenters. The number of ether oxygens (including phenoxy) is 1. The Morgan fingerprint density at radius 3 is 2.43 bits per heavy atom. The number of rotatable bonds is 4. The van der Waals surface area contributed by atoms with Crippen LogP contribution in [0.2, 0.25) is 0 Å². The first-order valence-electron chi connectivity index (χ1n) is 11.1. The fourth-order valence-corrected chi connectivity index (χ4v) is 5.71. The van der Waals surface area contributed by atoms with Crippen molar-refractivity contribution in [3.05, 3.63) is 29.1 Å². The predicted molar refractivity (Wildman–Crippen MR) is 115 cm³/mol. The average Bonchev–Trinajstić information content (AvgIpc) is 3.11. The smallest absolute Gasteiger partial charge is 0.263 e. The summed E-state index contributed by atoms with van der Waals surface area (Å²) < 4.78 is 34.0. The molecule has 0 radical (unpaired) electrons. The summed E-state index contributed by atoms with van der Waals surface area (Å²) in [7, 11) is 0. The summed E-state index contributed by atoms with van der Waals surface area (Å²) in [6, 6.07) is 8.66. The molecule has 2 aromatic rings. The number of likely N-dealkylation sites (tertiary alicyclic amines) is 2. The number of halogens is 2. The van der Waals surface area contributed by atoms with Crippen molar-refractivity contribution in [2.24, 2.45) is 0 Å². The maximum absolute atomic E-state index is 13.4. The SMILES string of the molecule is O=C(c1cc2cc(OC3CCN(C4CCC4)CC3)ccc2s1)N1CCC(F)(F)CC1. The van der Waals surface area contributed by atoms with Gasteiger partial charge in [-0.2, -0.15) is 0 Å². The Bertz CT molecular complexity index is 909. The van der Waals surface area contributed by atoms with E-state index >= 15 is 0 Å². The number of thiophene rings is 1. The second-order valence-corrected chi connectivity index (χ2v) is 9.98. The van der Waals surface area contributed by atoms with Crippen molar-refractivity contribution in [3.63, 3.8) is 0 Å². The number of piperidine rings is 2. The van der Waals surface area contributed by atoms with E-state index in [0.717, 1.165) is 47.8 Å².